The quantitative estimate of drug-likeness (QED) is 0.507. The minimum Gasteiger partial charge on any atom is -0.484 e. The molecule has 8 heteroatoms. The van der Waals surface area contributed by atoms with Gasteiger partial charge in [0.15, 0.2) is 6.61 Å². The van der Waals surface area contributed by atoms with Crippen LogP contribution in [0.4, 0.5) is 4.79 Å². The van der Waals surface area contributed by atoms with Crippen molar-refractivity contribution in [1.82, 2.24) is 9.80 Å². The first-order valence-electron chi connectivity index (χ1n) is 10.6. The highest BCUT2D eigenvalue weighted by Crippen LogP contribution is 2.18. The monoisotopic (exact) mass is 440 g/mol. The van der Waals surface area contributed by atoms with Crippen molar-refractivity contribution in [3.63, 3.8) is 0 Å². The third kappa shape index (κ3) is 6.00. The Kier molecular flexibility index (Phi) is 7.70. The molecular weight excluding hydrogens is 412 g/mol. The number of hydrogen-bond donors (Lipinski definition) is 0. The highest BCUT2D eigenvalue weighted by atomic mass is 16.7. The lowest BCUT2D eigenvalue weighted by Gasteiger charge is -2.34. The molecule has 1 saturated heterocycles. The zero-order chi connectivity index (χ0) is 23.1. The lowest BCUT2D eigenvalue weighted by molar-refractivity contribution is -0.134. The lowest BCUT2D eigenvalue weighted by Crippen LogP contribution is -2.51. The van der Waals surface area contributed by atoms with E-state index in [9.17, 15) is 14.4 Å². The van der Waals surface area contributed by atoms with Crippen LogP contribution in [0.15, 0.2) is 42.5 Å². The van der Waals surface area contributed by atoms with Crippen molar-refractivity contribution >= 4 is 18.0 Å². The summed E-state index contributed by atoms with van der Waals surface area (Å²) in [5.74, 6) is 0.742. The summed E-state index contributed by atoms with van der Waals surface area (Å²) in [6.07, 6.45) is -0.783. The summed E-state index contributed by atoms with van der Waals surface area (Å²) in [4.78, 5) is 40.0. The maximum absolute atomic E-state index is 12.7. The summed E-state index contributed by atoms with van der Waals surface area (Å²) in [5, 5.41) is 0. The second-order valence-corrected chi connectivity index (χ2v) is 7.52. The first-order chi connectivity index (χ1) is 15.4. The van der Waals surface area contributed by atoms with Crippen LogP contribution in [-0.2, 0) is 9.53 Å². The average Bonchev–Trinajstić information content (AvgIpc) is 2.80. The number of aryl methyl sites for hydroxylation is 2. The van der Waals surface area contributed by atoms with Gasteiger partial charge >= 0.3 is 6.16 Å². The van der Waals surface area contributed by atoms with Crippen molar-refractivity contribution in [1.29, 1.82) is 0 Å². The molecule has 8 nitrogen and oxygen atoms in total. The first kappa shape index (κ1) is 23.1. The number of carbonyl (C=O) groups is 3. The van der Waals surface area contributed by atoms with Crippen molar-refractivity contribution in [2.45, 2.75) is 20.8 Å². The van der Waals surface area contributed by atoms with Crippen molar-refractivity contribution < 1.29 is 28.6 Å². The van der Waals surface area contributed by atoms with E-state index >= 15 is 0 Å². The Hall–Kier alpha value is -3.55. The molecule has 0 spiro atoms. The van der Waals surface area contributed by atoms with Gasteiger partial charge < -0.3 is 24.0 Å². The van der Waals surface area contributed by atoms with Crippen LogP contribution in [0, 0.1) is 13.8 Å². The highest BCUT2D eigenvalue weighted by Gasteiger charge is 2.25. The molecule has 0 atom stereocenters. The van der Waals surface area contributed by atoms with Gasteiger partial charge in [-0.15, -0.1) is 0 Å². The van der Waals surface area contributed by atoms with Crippen LogP contribution in [0.2, 0.25) is 0 Å². The van der Waals surface area contributed by atoms with Crippen LogP contribution in [-0.4, -0.2) is 67.2 Å². The summed E-state index contributed by atoms with van der Waals surface area (Å²) in [5.41, 5.74) is 2.77. The van der Waals surface area contributed by atoms with E-state index in [1.54, 1.807) is 41.0 Å². The number of nitrogens with zero attached hydrogens (tertiary/aromatic N) is 2. The summed E-state index contributed by atoms with van der Waals surface area (Å²) in [6.45, 7) is 7.69. The molecule has 2 aromatic rings. The summed E-state index contributed by atoms with van der Waals surface area (Å²) < 4.78 is 15.4. The zero-order valence-corrected chi connectivity index (χ0v) is 18.6. The fourth-order valence-electron chi connectivity index (χ4n) is 3.29. The van der Waals surface area contributed by atoms with Gasteiger partial charge in [0.1, 0.15) is 11.5 Å². The molecule has 2 amide bonds. The maximum Gasteiger partial charge on any atom is 0.513 e. The van der Waals surface area contributed by atoms with Gasteiger partial charge in [0.25, 0.3) is 11.8 Å². The Morgan fingerprint density at radius 3 is 2.09 bits per heavy atom. The molecule has 32 heavy (non-hydrogen) atoms. The van der Waals surface area contributed by atoms with Gasteiger partial charge in [0.2, 0.25) is 0 Å². The Bertz CT molecular complexity index is 965. The lowest BCUT2D eigenvalue weighted by atomic mass is 10.1. The average molecular weight is 440 g/mol. The number of benzene rings is 2. The Morgan fingerprint density at radius 1 is 0.844 bits per heavy atom. The van der Waals surface area contributed by atoms with Crippen molar-refractivity contribution in [3.05, 3.63) is 59.2 Å². The highest BCUT2D eigenvalue weighted by molar-refractivity contribution is 5.94. The van der Waals surface area contributed by atoms with E-state index in [0.717, 1.165) is 5.56 Å². The van der Waals surface area contributed by atoms with E-state index in [2.05, 4.69) is 0 Å². The number of piperazine rings is 1. The normalized spacial score (nSPS) is 13.5. The molecule has 0 aliphatic carbocycles. The predicted molar refractivity (Wildman–Crippen MR) is 118 cm³/mol. The minimum absolute atomic E-state index is 0.0294. The van der Waals surface area contributed by atoms with E-state index in [-0.39, 0.29) is 25.0 Å². The zero-order valence-electron chi connectivity index (χ0n) is 18.6. The Balaban J connectivity index is 1.47. The van der Waals surface area contributed by atoms with E-state index in [0.29, 0.717) is 43.2 Å². The molecule has 1 aliphatic rings. The standard InChI is InChI=1S/C24H28N2O6/c1-4-30-24(29)32-20-9-6-19(7-10-20)23(28)26-13-11-25(12-14-26)22(27)16-31-21-8-5-17(2)18(3)15-21/h5-10,15H,4,11-14,16H2,1-3H3. The summed E-state index contributed by atoms with van der Waals surface area (Å²) in [7, 11) is 0. The van der Waals surface area contributed by atoms with Gasteiger partial charge in [-0.05, 0) is 68.3 Å². The predicted octanol–water partition coefficient (Wildman–Crippen LogP) is 3.20. The van der Waals surface area contributed by atoms with Crippen molar-refractivity contribution in [2.75, 3.05) is 39.4 Å². The Labute approximate surface area is 187 Å². The Morgan fingerprint density at radius 2 is 1.47 bits per heavy atom. The van der Waals surface area contributed by atoms with Gasteiger partial charge in [-0.2, -0.15) is 0 Å². The van der Waals surface area contributed by atoms with E-state index in [4.69, 9.17) is 14.2 Å². The molecule has 0 N–H and O–H groups in total. The molecule has 0 saturated carbocycles. The molecular formula is C24H28N2O6. The third-order valence-corrected chi connectivity index (χ3v) is 5.32. The molecule has 0 radical (unpaired) electrons. The van der Waals surface area contributed by atoms with Gasteiger partial charge in [-0.1, -0.05) is 6.07 Å². The van der Waals surface area contributed by atoms with Crippen LogP contribution in [0.1, 0.15) is 28.4 Å². The molecule has 170 valence electrons. The maximum atomic E-state index is 12.7. The molecule has 1 fully saturated rings. The third-order valence-electron chi connectivity index (χ3n) is 5.32. The number of amides is 2. The number of ether oxygens (including phenoxy) is 3. The molecule has 0 aromatic heterocycles. The van der Waals surface area contributed by atoms with Crippen molar-refractivity contribution in [2.24, 2.45) is 0 Å². The van der Waals surface area contributed by atoms with Crippen LogP contribution >= 0.6 is 0 Å². The minimum atomic E-state index is -0.783. The van der Waals surface area contributed by atoms with Crippen LogP contribution in [0.3, 0.4) is 0 Å². The number of carbonyl (C=O) groups excluding carboxylic acids is 3. The number of hydrogen-bond acceptors (Lipinski definition) is 6. The first-order valence-corrected chi connectivity index (χ1v) is 10.6. The topological polar surface area (TPSA) is 85.4 Å². The summed E-state index contributed by atoms with van der Waals surface area (Å²) >= 11 is 0. The second-order valence-electron chi connectivity index (χ2n) is 7.52. The van der Waals surface area contributed by atoms with E-state index in [1.807, 2.05) is 32.0 Å². The van der Waals surface area contributed by atoms with Gasteiger partial charge in [-0.3, -0.25) is 9.59 Å². The van der Waals surface area contributed by atoms with Gasteiger partial charge in [-0.25, -0.2) is 4.79 Å². The fraction of sp³-hybridized carbons (Fsp3) is 0.375. The second kappa shape index (κ2) is 10.7. The van der Waals surface area contributed by atoms with Crippen LogP contribution < -0.4 is 9.47 Å². The van der Waals surface area contributed by atoms with Crippen LogP contribution in [0.25, 0.3) is 0 Å². The molecule has 2 aromatic carbocycles. The smallest absolute Gasteiger partial charge is 0.484 e. The molecule has 1 heterocycles. The van der Waals surface area contributed by atoms with E-state index < -0.39 is 6.16 Å². The molecule has 0 bridgehead atoms. The molecule has 3 rings (SSSR count). The van der Waals surface area contributed by atoms with E-state index in [1.165, 1.54) is 5.56 Å². The summed E-state index contributed by atoms with van der Waals surface area (Å²) in [6, 6.07) is 12.0. The molecule has 1 aliphatic heterocycles. The number of rotatable bonds is 6. The molecule has 0 unspecified atom stereocenters. The SMILES string of the molecule is CCOC(=O)Oc1ccc(C(=O)N2CCN(C(=O)COc3ccc(C)c(C)c3)CC2)cc1. The fourth-order valence-corrected chi connectivity index (χ4v) is 3.29. The van der Waals surface area contributed by atoms with Gasteiger partial charge in [0, 0.05) is 31.7 Å². The van der Waals surface area contributed by atoms with Crippen molar-refractivity contribution in [3.8, 4) is 11.5 Å². The van der Waals surface area contributed by atoms with Crippen LogP contribution in [0.5, 0.6) is 11.5 Å². The van der Waals surface area contributed by atoms with Gasteiger partial charge in [0.05, 0.1) is 6.61 Å². The largest absolute Gasteiger partial charge is 0.513 e.